The van der Waals surface area contributed by atoms with E-state index in [4.69, 9.17) is 14.2 Å². The Morgan fingerprint density at radius 1 is 0.771 bits per heavy atom. The van der Waals surface area contributed by atoms with Gasteiger partial charge in [0.1, 0.15) is 0 Å². The highest BCUT2D eigenvalue weighted by Gasteiger charge is 2.20. The van der Waals surface area contributed by atoms with Gasteiger partial charge in [0, 0.05) is 29.1 Å². The first-order valence-corrected chi connectivity index (χ1v) is 10.8. The number of ether oxygens (including phenoxy) is 3. The lowest BCUT2D eigenvalue weighted by Gasteiger charge is -2.15. The van der Waals surface area contributed by atoms with Crippen LogP contribution >= 0.6 is 0 Å². The molecule has 0 saturated carbocycles. The highest BCUT2D eigenvalue weighted by Crippen LogP contribution is 2.34. The molecule has 0 atom stereocenters. The van der Waals surface area contributed by atoms with Crippen LogP contribution in [0.3, 0.4) is 0 Å². The fraction of sp³-hybridized carbons (Fsp3) is 0.192. The predicted molar refractivity (Wildman–Crippen MR) is 134 cm³/mol. The molecule has 3 amide bonds. The van der Waals surface area contributed by atoms with Crippen molar-refractivity contribution in [2.75, 3.05) is 36.8 Å². The number of anilines is 3. The number of rotatable bonds is 8. The first kappa shape index (κ1) is 25.1. The van der Waals surface area contributed by atoms with E-state index in [-0.39, 0.29) is 17.9 Å². The van der Waals surface area contributed by atoms with Gasteiger partial charge in [0.05, 0.1) is 32.1 Å². The Bertz CT molecular complexity index is 1210. The van der Waals surface area contributed by atoms with Crippen LogP contribution in [-0.4, -0.2) is 38.7 Å². The maximum atomic E-state index is 12.9. The lowest BCUT2D eigenvalue weighted by Crippen LogP contribution is -2.19. The van der Waals surface area contributed by atoms with Crippen LogP contribution in [-0.2, 0) is 4.74 Å². The standard InChI is InChI=1S/C26H27N3O6/c1-5-35-25(31)20-14-22(33-3)23(34-4)15-21(20)29-24(30)17-8-12-19(13-9-17)28-26(32)27-18-10-6-16(2)7-11-18/h6-15H,5H2,1-4H3,(H,29,30)(H2,27,28,32). The first-order chi connectivity index (χ1) is 16.8. The van der Waals surface area contributed by atoms with Gasteiger partial charge in [-0.05, 0) is 50.2 Å². The second kappa shape index (κ2) is 11.6. The molecule has 9 heteroatoms. The van der Waals surface area contributed by atoms with Crippen LogP contribution in [0.15, 0.2) is 60.7 Å². The summed E-state index contributed by atoms with van der Waals surface area (Å²) in [5.41, 5.74) is 2.92. The summed E-state index contributed by atoms with van der Waals surface area (Å²) < 4.78 is 15.6. The van der Waals surface area contributed by atoms with E-state index in [1.165, 1.54) is 26.4 Å². The molecule has 3 rings (SSSR count). The summed E-state index contributed by atoms with van der Waals surface area (Å²) in [7, 11) is 2.90. The predicted octanol–water partition coefficient (Wildman–Crippen LogP) is 5.09. The Labute approximate surface area is 203 Å². The summed E-state index contributed by atoms with van der Waals surface area (Å²) in [5.74, 6) is -0.399. The Hall–Kier alpha value is -4.53. The number of carbonyl (C=O) groups excluding carboxylic acids is 3. The topological polar surface area (TPSA) is 115 Å². The van der Waals surface area contributed by atoms with Crippen molar-refractivity contribution in [3.05, 3.63) is 77.4 Å². The molecule has 0 unspecified atom stereocenters. The van der Waals surface area contributed by atoms with E-state index in [1.54, 1.807) is 43.3 Å². The number of amides is 3. The summed E-state index contributed by atoms with van der Waals surface area (Å²) in [5, 5.41) is 8.17. The van der Waals surface area contributed by atoms with Gasteiger partial charge in [0.15, 0.2) is 11.5 Å². The van der Waals surface area contributed by atoms with E-state index in [0.717, 1.165) is 5.56 Å². The Morgan fingerprint density at radius 2 is 1.31 bits per heavy atom. The quantitative estimate of drug-likeness (QED) is 0.390. The minimum absolute atomic E-state index is 0.129. The molecule has 182 valence electrons. The number of hydrogen-bond acceptors (Lipinski definition) is 6. The van der Waals surface area contributed by atoms with Crippen LogP contribution < -0.4 is 25.4 Å². The van der Waals surface area contributed by atoms with Crippen molar-refractivity contribution in [2.45, 2.75) is 13.8 Å². The number of aryl methyl sites for hydroxylation is 1. The number of hydrogen-bond donors (Lipinski definition) is 3. The molecule has 9 nitrogen and oxygen atoms in total. The molecule has 0 spiro atoms. The lowest BCUT2D eigenvalue weighted by molar-refractivity contribution is 0.0527. The van der Waals surface area contributed by atoms with Gasteiger partial charge in [-0.25, -0.2) is 9.59 Å². The van der Waals surface area contributed by atoms with Crippen molar-refractivity contribution in [1.82, 2.24) is 0 Å². The second-order valence-electron chi connectivity index (χ2n) is 7.45. The lowest BCUT2D eigenvalue weighted by atomic mass is 10.1. The second-order valence-corrected chi connectivity index (χ2v) is 7.45. The molecule has 0 aromatic heterocycles. The molecule has 0 fully saturated rings. The van der Waals surface area contributed by atoms with Gasteiger partial charge < -0.3 is 30.2 Å². The van der Waals surface area contributed by atoms with Crippen LogP contribution in [0.1, 0.15) is 33.2 Å². The molecule has 0 aliphatic heterocycles. The average Bonchev–Trinajstić information content (AvgIpc) is 2.85. The van der Waals surface area contributed by atoms with Crippen LogP contribution in [0.5, 0.6) is 11.5 Å². The summed E-state index contributed by atoms with van der Waals surface area (Å²) in [6, 6.07) is 16.3. The Kier molecular flexibility index (Phi) is 8.29. The molecule has 0 saturated heterocycles. The van der Waals surface area contributed by atoms with Crippen molar-refractivity contribution in [3.8, 4) is 11.5 Å². The maximum absolute atomic E-state index is 12.9. The largest absolute Gasteiger partial charge is 0.493 e. The third-order valence-electron chi connectivity index (χ3n) is 4.98. The third-order valence-corrected chi connectivity index (χ3v) is 4.98. The van der Waals surface area contributed by atoms with Gasteiger partial charge in [-0.15, -0.1) is 0 Å². The number of benzene rings is 3. The average molecular weight is 478 g/mol. The van der Waals surface area contributed by atoms with E-state index >= 15 is 0 Å². The number of nitrogens with one attached hydrogen (secondary N) is 3. The molecule has 35 heavy (non-hydrogen) atoms. The van der Waals surface area contributed by atoms with Crippen LogP contribution in [0, 0.1) is 6.92 Å². The highest BCUT2D eigenvalue weighted by molar-refractivity contribution is 6.09. The Morgan fingerprint density at radius 3 is 1.86 bits per heavy atom. The maximum Gasteiger partial charge on any atom is 0.340 e. The fourth-order valence-electron chi connectivity index (χ4n) is 3.19. The van der Waals surface area contributed by atoms with E-state index < -0.39 is 17.9 Å². The molecule has 0 aliphatic rings. The van der Waals surface area contributed by atoms with Gasteiger partial charge in [0.25, 0.3) is 5.91 Å². The number of carbonyl (C=O) groups is 3. The molecular formula is C26H27N3O6. The summed E-state index contributed by atoms with van der Waals surface area (Å²) >= 11 is 0. The minimum Gasteiger partial charge on any atom is -0.493 e. The smallest absolute Gasteiger partial charge is 0.340 e. The summed E-state index contributed by atoms with van der Waals surface area (Å²) in [4.78, 5) is 37.5. The van der Waals surface area contributed by atoms with Crippen molar-refractivity contribution in [3.63, 3.8) is 0 Å². The number of esters is 1. The van der Waals surface area contributed by atoms with Crippen LogP contribution in [0.2, 0.25) is 0 Å². The van der Waals surface area contributed by atoms with E-state index in [9.17, 15) is 14.4 Å². The molecular weight excluding hydrogens is 450 g/mol. The molecule has 3 N–H and O–H groups in total. The molecule has 3 aromatic rings. The van der Waals surface area contributed by atoms with Crippen LogP contribution in [0.4, 0.5) is 21.9 Å². The van der Waals surface area contributed by atoms with Crippen molar-refractivity contribution in [2.24, 2.45) is 0 Å². The highest BCUT2D eigenvalue weighted by atomic mass is 16.5. The van der Waals surface area contributed by atoms with Gasteiger partial charge in [-0.1, -0.05) is 17.7 Å². The van der Waals surface area contributed by atoms with E-state index in [1.807, 2.05) is 19.1 Å². The molecule has 0 heterocycles. The van der Waals surface area contributed by atoms with Gasteiger partial charge in [0.2, 0.25) is 0 Å². The fourth-order valence-corrected chi connectivity index (χ4v) is 3.19. The third kappa shape index (κ3) is 6.50. The molecule has 0 bridgehead atoms. The summed E-state index contributed by atoms with van der Waals surface area (Å²) in [6.45, 7) is 3.82. The SMILES string of the molecule is CCOC(=O)c1cc(OC)c(OC)cc1NC(=O)c1ccc(NC(=O)Nc2ccc(C)cc2)cc1. The van der Waals surface area contributed by atoms with Crippen molar-refractivity contribution < 1.29 is 28.6 Å². The first-order valence-electron chi connectivity index (χ1n) is 10.8. The summed E-state index contributed by atoms with van der Waals surface area (Å²) in [6.07, 6.45) is 0. The Balaban J connectivity index is 1.72. The zero-order chi connectivity index (χ0) is 25.4. The van der Waals surface area contributed by atoms with Gasteiger partial charge >= 0.3 is 12.0 Å². The van der Waals surface area contributed by atoms with E-state index in [2.05, 4.69) is 16.0 Å². The number of methoxy groups -OCH3 is 2. The van der Waals surface area contributed by atoms with E-state index in [0.29, 0.717) is 28.4 Å². The number of urea groups is 1. The van der Waals surface area contributed by atoms with Gasteiger partial charge in [-0.3, -0.25) is 4.79 Å². The monoisotopic (exact) mass is 477 g/mol. The van der Waals surface area contributed by atoms with Gasteiger partial charge in [-0.2, -0.15) is 0 Å². The molecule has 0 radical (unpaired) electrons. The zero-order valence-electron chi connectivity index (χ0n) is 19.9. The van der Waals surface area contributed by atoms with Crippen molar-refractivity contribution >= 4 is 35.0 Å². The molecule has 0 aliphatic carbocycles. The van der Waals surface area contributed by atoms with Crippen molar-refractivity contribution in [1.29, 1.82) is 0 Å². The zero-order valence-corrected chi connectivity index (χ0v) is 19.9. The normalized spacial score (nSPS) is 10.2. The molecule has 3 aromatic carbocycles. The minimum atomic E-state index is -0.608. The van der Waals surface area contributed by atoms with Crippen LogP contribution in [0.25, 0.3) is 0 Å².